The van der Waals surface area contributed by atoms with Crippen molar-refractivity contribution in [2.45, 2.75) is 0 Å². The Hall–Kier alpha value is -2.44. The molecule has 0 fully saturated rings. The summed E-state index contributed by atoms with van der Waals surface area (Å²) in [7, 11) is 0. The van der Waals surface area contributed by atoms with Crippen molar-refractivity contribution in [3.05, 3.63) is 34.4 Å². The third-order valence-electron chi connectivity index (χ3n) is 1.74. The van der Waals surface area contributed by atoms with E-state index in [9.17, 15) is 15.2 Å². The summed E-state index contributed by atoms with van der Waals surface area (Å²) in [5.74, 6) is -0.146. The molecule has 0 saturated carbocycles. The van der Waals surface area contributed by atoms with Crippen molar-refractivity contribution in [1.82, 2.24) is 10.2 Å². The maximum atomic E-state index is 10.6. The molecule has 0 aliphatic heterocycles. The SMILES string of the molecule is [O]c1nnc(-c2ccccc2[N+](=O)[O-])o1. The molecule has 1 heterocycles. The topological polar surface area (TPSA) is 102 Å². The molecule has 7 heteroatoms. The summed E-state index contributed by atoms with van der Waals surface area (Å²) in [4.78, 5) is 10.1. The predicted molar refractivity (Wildman–Crippen MR) is 46.5 cm³/mol. The summed E-state index contributed by atoms with van der Waals surface area (Å²) < 4.78 is 4.58. The maximum absolute atomic E-state index is 10.6. The molecular weight excluding hydrogens is 202 g/mol. The Morgan fingerprint density at radius 1 is 1.27 bits per heavy atom. The van der Waals surface area contributed by atoms with Crippen LogP contribution in [0.1, 0.15) is 0 Å². The second kappa shape index (κ2) is 3.37. The van der Waals surface area contributed by atoms with Crippen LogP contribution in [0.25, 0.3) is 11.5 Å². The molecular formula is C8H4N3O4. The first-order valence-electron chi connectivity index (χ1n) is 3.93. The van der Waals surface area contributed by atoms with E-state index in [0.29, 0.717) is 0 Å². The van der Waals surface area contributed by atoms with Gasteiger partial charge in [-0.3, -0.25) is 10.1 Å². The first kappa shape index (κ1) is 9.13. The van der Waals surface area contributed by atoms with Gasteiger partial charge in [-0.15, -0.1) is 5.10 Å². The van der Waals surface area contributed by atoms with E-state index in [1.807, 2.05) is 0 Å². The van der Waals surface area contributed by atoms with E-state index in [4.69, 9.17) is 0 Å². The Morgan fingerprint density at radius 2 is 2.00 bits per heavy atom. The van der Waals surface area contributed by atoms with Gasteiger partial charge in [0.15, 0.2) is 0 Å². The van der Waals surface area contributed by atoms with Crippen LogP contribution in [-0.4, -0.2) is 15.1 Å². The molecule has 2 aromatic rings. The molecule has 0 aliphatic rings. The normalized spacial score (nSPS) is 10.1. The predicted octanol–water partition coefficient (Wildman–Crippen LogP) is 1.79. The van der Waals surface area contributed by atoms with Gasteiger partial charge in [-0.2, -0.15) is 0 Å². The molecule has 0 atom stereocenters. The van der Waals surface area contributed by atoms with Gasteiger partial charge >= 0.3 is 6.08 Å². The Bertz CT molecular complexity index is 508. The lowest BCUT2D eigenvalue weighted by atomic mass is 10.2. The van der Waals surface area contributed by atoms with Crippen molar-refractivity contribution in [1.29, 1.82) is 0 Å². The van der Waals surface area contributed by atoms with Crippen LogP contribution in [0, 0.1) is 10.1 Å². The number of hydrogen-bond donors (Lipinski definition) is 0. The first-order valence-corrected chi connectivity index (χ1v) is 3.93. The summed E-state index contributed by atoms with van der Waals surface area (Å²) in [5.41, 5.74) is -0.0433. The molecule has 0 spiro atoms. The van der Waals surface area contributed by atoms with Crippen molar-refractivity contribution in [2.75, 3.05) is 0 Å². The smallest absolute Gasteiger partial charge is 0.386 e. The third-order valence-corrected chi connectivity index (χ3v) is 1.74. The molecule has 15 heavy (non-hydrogen) atoms. The zero-order valence-corrected chi connectivity index (χ0v) is 7.28. The van der Waals surface area contributed by atoms with Gasteiger partial charge in [0.05, 0.1) is 4.92 Å². The molecule has 0 unspecified atom stereocenters. The molecule has 75 valence electrons. The number of hydrogen-bond acceptors (Lipinski definition) is 5. The highest BCUT2D eigenvalue weighted by Crippen LogP contribution is 2.29. The maximum Gasteiger partial charge on any atom is 0.459 e. The van der Waals surface area contributed by atoms with Crippen LogP contribution >= 0.6 is 0 Å². The van der Waals surface area contributed by atoms with Gasteiger partial charge in [0.2, 0.25) is 0 Å². The van der Waals surface area contributed by atoms with Crippen LogP contribution in [0.3, 0.4) is 0 Å². The fourth-order valence-electron chi connectivity index (χ4n) is 1.13. The largest absolute Gasteiger partial charge is 0.459 e. The fourth-order valence-corrected chi connectivity index (χ4v) is 1.13. The summed E-state index contributed by atoms with van der Waals surface area (Å²) in [6.45, 7) is 0. The number of rotatable bonds is 2. The number of benzene rings is 1. The minimum Gasteiger partial charge on any atom is -0.386 e. The van der Waals surface area contributed by atoms with Crippen LogP contribution in [0.15, 0.2) is 28.7 Å². The quantitative estimate of drug-likeness (QED) is 0.550. The van der Waals surface area contributed by atoms with Crippen molar-refractivity contribution in [2.24, 2.45) is 0 Å². The number of nitrogens with zero attached hydrogens (tertiary/aromatic N) is 3. The van der Waals surface area contributed by atoms with Crippen LogP contribution < -0.4 is 0 Å². The van der Waals surface area contributed by atoms with Crippen LogP contribution in [0.2, 0.25) is 0 Å². The van der Waals surface area contributed by atoms with E-state index in [1.54, 1.807) is 6.07 Å². The number of para-hydroxylation sites is 1. The minimum absolute atomic E-state index is 0.136. The van der Waals surface area contributed by atoms with Crippen molar-refractivity contribution in [3.63, 3.8) is 0 Å². The Balaban J connectivity index is 2.57. The van der Waals surface area contributed by atoms with Gasteiger partial charge < -0.3 is 4.42 Å². The van der Waals surface area contributed by atoms with Gasteiger partial charge in [0.1, 0.15) is 5.56 Å². The Kier molecular flexibility index (Phi) is 2.05. The molecule has 0 saturated heterocycles. The molecule has 2 rings (SSSR count). The molecule has 0 N–H and O–H groups in total. The van der Waals surface area contributed by atoms with Gasteiger partial charge in [-0.25, -0.2) is 5.11 Å². The van der Waals surface area contributed by atoms with Crippen molar-refractivity contribution >= 4 is 5.69 Å². The molecule has 0 bridgehead atoms. The lowest BCUT2D eigenvalue weighted by Crippen LogP contribution is -1.91. The standard InChI is InChI=1S/C8H4N3O4/c12-8-10-9-7(15-8)5-3-1-2-4-6(5)11(13)14/h1-4H. The lowest BCUT2D eigenvalue weighted by molar-refractivity contribution is -0.384. The zero-order chi connectivity index (χ0) is 10.8. The van der Waals surface area contributed by atoms with E-state index in [-0.39, 0.29) is 17.1 Å². The zero-order valence-electron chi connectivity index (χ0n) is 7.28. The average Bonchev–Trinajstić information content (AvgIpc) is 2.65. The highest BCUT2D eigenvalue weighted by molar-refractivity contribution is 5.66. The van der Waals surface area contributed by atoms with Crippen LogP contribution in [0.4, 0.5) is 5.69 Å². The average molecular weight is 206 g/mol. The van der Waals surface area contributed by atoms with E-state index in [2.05, 4.69) is 14.6 Å². The summed E-state index contributed by atoms with van der Waals surface area (Å²) in [5, 5.41) is 27.8. The molecule has 0 aliphatic carbocycles. The number of nitro benzene ring substituents is 1. The van der Waals surface area contributed by atoms with Gasteiger partial charge in [0.25, 0.3) is 11.6 Å². The van der Waals surface area contributed by atoms with E-state index >= 15 is 0 Å². The summed E-state index contributed by atoms with van der Waals surface area (Å²) in [6.07, 6.45) is -0.872. The monoisotopic (exact) mass is 206 g/mol. The van der Waals surface area contributed by atoms with Crippen LogP contribution in [-0.2, 0) is 5.11 Å². The second-order valence-corrected chi connectivity index (χ2v) is 2.65. The highest BCUT2D eigenvalue weighted by Gasteiger charge is 2.19. The van der Waals surface area contributed by atoms with E-state index in [0.717, 1.165) is 0 Å². The molecule has 7 nitrogen and oxygen atoms in total. The fraction of sp³-hybridized carbons (Fsp3) is 0. The van der Waals surface area contributed by atoms with Gasteiger partial charge in [0, 0.05) is 6.07 Å². The number of nitro groups is 1. The second-order valence-electron chi connectivity index (χ2n) is 2.65. The molecule has 1 aromatic carbocycles. The highest BCUT2D eigenvalue weighted by atomic mass is 16.6. The Labute approximate surface area is 83.1 Å². The van der Waals surface area contributed by atoms with Crippen molar-refractivity contribution in [3.8, 4) is 17.5 Å². The van der Waals surface area contributed by atoms with Crippen molar-refractivity contribution < 1.29 is 14.4 Å². The van der Waals surface area contributed by atoms with Gasteiger partial charge in [-0.1, -0.05) is 17.2 Å². The number of aromatic nitrogens is 2. The van der Waals surface area contributed by atoms with E-state index in [1.165, 1.54) is 18.2 Å². The minimum atomic E-state index is -0.872. The summed E-state index contributed by atoms with van der Waals surface area (Å²) in [6, 6.07) is 5.82. The third kappa shape index (κ3) is 1.62. The van der Waals surface area contributed by atoms with Gasteiger partial charge in [-0.05, 0) is 6.07 Å². The molecule has 1 aromatic heterocycles. The molecule has 1 radical (unpaired) electrons. The Morgan fingerprint density at radius 3 is 2.60 bits per heavy atom. The first-order chi connectivity index (χ1) is 7.18. The van der Waals surface area contributed by atoms with Crippen LogP contribution in [0.5, 0.6) is 6.08 Å². The summed E-state index contributed by atoms with van der Waals surface area (Å²) >= 11 is 0. The lowest BCUT2D eigenvalue weighted by Gasteiger charge is -1.95. The van der Waals surface area contributed by atoms with E-state index < -0.39 is 11.0 Å². The molecule has 0 amide bonds.